The van der Waals surface area contributed by atoms with Crippen LogP contribution >= 0.6 is 12.2 Å². The zero-order chi connectivity index (χ0) is 40.0. The Balaban J connectivity index is 0.841. The summed E-state index contributed by atoms with van der Waals surface area (Å²) in [7, 11) is 0. The lowest BCUT2D eigenvalue weighted by Gasteiger charge is -2.29. The molecule has 0 aliphatic carbocycles. The molecule has 3 heterocycles. The van der Waals surface area contributed by atoms with E-state index in [2.05, 4.69) is 10.6 Å². The van der Waals surface area contributed by atoms with Crippen molar-refractivity contribution in [3.05, 3.63) is 83.2 Å². The van der Waals surface area contributed by atoms with Crippen LogP contribution in [-0.2, 0) is 28.6 Å². The fourth-order valence-corrected chi connectivity index (χ4v) is 7.08. The Labute approximate surface area is 327 Å². The number of hydrogen-bond donors (Lipinski definition) is 2. The number of carbonyl (C=O) groups excluding carboxylic acids is 5. The van der Waals surface area contributed by atoms with Gasteiger partial charge in [0, 0.05) is 24.3 Å². The molecule has 0 saturated carbocycles. The number of anilines is 3. The summed E-state index contributed by atoms with van der Waals surface area (Å²) in [5, 5.41) is 14.5. The Morgan fingerprint density at radius 1 is 0.893 bits per heavy atom. The Kier molecular flexibility index (Phi) is 12.3. The van der Waals surface area contributed by atoms with E-state index in [4.69, 9.17) is 36.4 Å². The van der Waals surface area contributed by atoms with Crippen molar-refractivity contribution in [3.63, 3.8) is 0 Å². The molecule has 292 valence electrons. The quantitative estimate of drug-likeness (QED) is 0.115. The topological polar surface area (TPSA) is 180 Å². The van der Waals surface area contributed by atoms with E-state index in [-0.39, 0.29) is 46.2 Å². The first kappa shape index (κ1) is 39.9. The summed E-state index contributed by atoms with van der Waals surface area (Å²) >= 11 is 5.65. The Morgan fingerprint density at radius 3 is 2.21 bits per heavy atom. The zero-order valence-corrected chi connectivity index (χ0v) is 31.5. The van der Waals surface area contributed by atoms with Crippen molar-refractivity contribution in [2.75, 3.05) is 67.9 Å². The van der Waals surface area contributed by atoms with Crippen LogP contribution in [0, 0.1) is 17.1 Å². The van der Waals surface area contributed by atoms with Gasteiger partial charge < -0.3 is 29.2 Å². The molecule has 3 aliphatic heterocycles. The molecule has 0 radical (unpaired) electrons. The summed E-state index contributed by atoms with van der Waals surface area (Å²) in [5.74, 6) is -2.71. The normalized spacial score (nSPS) is 17.7. The Morgan fingerprint density at radius 2 is 1.55 bits per heavy atom. The van der Waals surface area contributed by atoms with Gasteiger partial charge in [-0.25, -0.2) is 4.39 Å². The van der Waals surface area contributed by atoms with E-state index in [9.17, 15) is 28.4 Å². The van der Waals surface area contributed by atoms with Gasteiger partial charge in [0.05, 0.1) is 62.0 Å². The highest BCUT2D eigenvalue weighted by atomic mass is 32.1. The lowest BCUT2D eigenvalue weighted by Crippen LogP contribution is -2.54. The minimum Gasteiger partial charge on any atom is -0.491 e. The van der Waals surface area contributed by atoms with Crippen LogP contribution in [0.1, 0.15) is 53.0 Å². The number of halogens is 1. The van der Waals surface area contributed by atoms with Gasteiger partial charge in [-0.2, -0.15) is 5.26 Å². The molecule has 0 aromatic heterocycles. The highest BCUT2D eigenvalue weighted by Gasteiger charge is 2.50. The van der Waals surface area contributed by atoms with Crippen molar-refractivity contribution in [3.8, 4) is 11.8 Å². The highest BCUT2D eigenvalue weighted by molar-refractivity contribution is 7.81. The SMILES string of the molecule is CC1(C)C(=O)N(c2ccc(C#N)c(F)c2)C(=S)N1c1ccc(OCCOCCOCCOCCNc2cccc3c2C(=O)N([C@@H]2CCC(=O)NC2=O)C3=O)cc1. The van der Waals surface area contributed by atoms with E-state index in [0.717, 1.165) is 11.0 Å². The van der Waals surface area contributed by atoms with Gasteiger partial charge in [0.1, 0.15) is 35.8 Å². The zero-order valence-electron chi connectivity index (χ0n) is 30.7. The number of benzene rings is 3. The third-order valence-corrected chi connectivity index (χ3v) is 9.73. The van der Waals surface area contributed by atoms with Crippen molar-refractivity contribution >= 4 is 63.9 Å². The number of nitrogens with zero attached hydrogens (tertiary/aromatic N) is 4. The van der Waals surface area contributed by atoms with E-state index in [0.29, 0.717) is 69.9 Å². The number of thiocarbonyl (C=S) groups is 1. The first-order chi connectivity index (χ1) is 26.9. The standard InChI is InChI=1S/C39H39FN6O9S/c1-39(2)37(51)44(26-7-6-24(23-41)29(40)22-26)38(56)46(39)25-8-10-27(11-9-25)55-21-20-54-19-18-53-17-16-52-15-14-42-30-5-3-4-28-33(30)36(50)45(35(28)49)31-12-13-32(47)43-34(31)48/h3-11,22,31,42H,12-21H2,1-2H3,(H,43,47,48)/t31-/m1/s1. The first-order valence-corrected chi connectivity index (χ1v) is 18.3. The number of imide groups is 2. The van der Waals surface area contributed by atoms with E-state index in [1.807, 2.05) is 0 Å². The number of ether oxygens (including phenoxy) is 4. The minimum absolute atomic E-state index is 0.0495. The lowest BCUT2D eigenvalue weighted by atomic mass is 10.0. The van der Waals surface area contributed by atoms with Crippen molar-refractivity contribution in [2.24, 2.45) is 0 Å². The number of nitrogens with one attached hydrogen (secondary N) is 2. The molecule has 2 fully saturated rings. The van der Waals surface area contributed by atoms with Gasteiger partial charge in [-0.15, -0.1) is 0 Å². The lowest BCUT2D eigenvalue weighted by molar-refractivity contribution is -0.136. The minimum atomic E-state index is -1.05. The average molecular weight is 787 g/mol. The molecule has 3 aliphatic rings. The van der Waals surface area contributed by atoms with Gasteiger partial charge in [-0.3, -0.25) is 39.1 Å². The van der Waals surface area contributed by atoms with E-state index in [1.165, 1.54) is 23.1 Å². The maximum absolute atomic E-state index is 14.3. The number of hydrogen-bond acceptors (Lipinski definition) is 12. The van der Waals surface area contributed by atoms with Crippen LogP contribution in [0.25, 0.3) is 0 Å². The maximum atomic E-state index is 14.3. The summed E-state index contributed by atoms with van der Waals surface area (Å²) < 4.78 is 36.9. The molecule has 6 rings (SSSR count). The summed E-state index contributed by atoms with van der Waals surface area (Å²) in [4.78, 5) is 67.3. The summed E-state index contributed by atoms with van der Waals surface area (Å²) in [6.07, 6.45) is 0.136. The molecule has 2 N–H and O–H groups in total. The first-order valence-electron chi connectivity index (χ1n) is 17.9. The number of amides is 5. The third kappa shape index (κ3) is 8.23. The van der Waals surface area contributed by atoms with Gasteiger partial charge in [0.2, 0.25) is 11.8 Å². The van der Waals surface area contributed by atoms with Crippen LogP contribution in [0.3, 0.4) is 0 Å². The highest BCUT2D eigenvalue weighted by Crippen LogP contribution is 2.37. The van der Waals surface area contributed by atoms with Crippen LogP contribution in [0.5, 0.6) is 5.75 Å². The van der Waals surface area contributed by atoms with Crippen molar-refractivity contribution in [1.29, 1.82) is 5.26 Å². The molecular formula is C39H39FN6O9S. The van der Waals surface area contributed by atoms with E-state index >= 15 is 0 Å². The van der Waals surface area contributed by atoms with Gasteiger partial charge in [-0.1, -0.05) is 6.07 Å². The molecule has 0 bridgehead atoms. The van der Waals surface area contributed by atoms with Crippen LogP contribution in [-0.4, -0.2) is 104 Å². The molecule has 5 amide bonds. The second-order valence-corrected chi connectivity index (χ2v) is 13.7. The molecule has 17 heteroatoms. The predicted molar refractivity (Wildman–Crippen MR) is 204 cm³/mol. The van der Waals surface area contributed by atoms with Gasteiger partial charge >= 0.3 is 0 Å². The Bertz CT molecular complexity index is 2090. The van der Waals surface area contributed by atoms with E-state index in [1.54, 1.807) is 61.2 Å². The molecule has 1 atom stereocenters. The fraction of sp³-hybridized carbons (Fsp3) is 0.359. The summed E-state index contributed by atoms with van der Waals surface area (Å²) in [6, 6.07) is 16.6. The fourth-order valence-electron chi connectivity index (χ4n) is 6.56. The summed E-state index contributed by atoms with van der Waals surface area (Å²) in [5.41, 5.74) is 0.562. The maximum Gasteiger partial charge on any atom is 0.264 e. The molecular weight excluding hydrogens is 748 g/mol. The van der Waals surface area contributed by atoms with Crippen LogP contribution in [0.15, 0.2) is 60.7 Å². The van der Waals surface area contributed by atoms with Crippen LogP contribution < -0.4 is 25.2 Å². The number of carbonyl (C=O) groups is 5. The number of fused-ring (bicyclic) bond motifs is 1. The van der Waals surface area contributed by atoms with E-state index < -0.39 is 41.0 Å². The van der Waals surface area contributed by atoms with Gasteiger partial charge in [0.15, 0.2) is 5.11 Å². The number of piperidine rings is 1. The summed E-state index contributed by atoms with van der Waals surface area (Å²) in [6.45, 7) is 6.10. The predicted octanol–water partition coefficient (Wildman–Crippen LogP) is 3.56. The van der Waals surface area contributed by atoms with Crippen LogP contribution in [0.4, 0.5) is 21.5 Å². The molecule has 3 aromatic carbocycles. The molecule has 3 aromatic rings. The Hall–Kier alpha value is -5.80. The van der Waals surface area contributed by atoms with Gasteiger partial charge in [0.25, 0.3) is 17.7 Å². The third-order valence-electron chi connectivity index (χ3n) is 9.36. The van der Waals surface area contributed by atoms with Crippen LogP contribution in [0.2, 0.25) is 0 Å². The molecule has 2 saturated heterocycles. The van der Waals surface area contributed by atoms with Crippen molar-refractivity contribution in [1.82, 2.24) is 10.2 Å². The molecule has 15 nitrogen and oxygen atoms in total. The van der Waals surface area contributed by atoms with Crippen molar-refractivity contribution in [2.45, 2.75) is 38.3 Å². The number of nitriles is 1. The second kappa shape index (κ2) is 17.3. The molecule has 0 spiro atoms. The average Bonchev–Trinajstić information content (AvgIpc) is 3.53. The van der Waals surface area contributed by atoms with Crippen molar-refractivity contribution < 1.29 is 47.3 Å². The smallest absolute Gasteiger partial charge is 0.264 e. The van der Waals surface area contributed by atoms with Gasteiger partial charge in [-0.05, 0) is 87.1 Å². The second-order valence-electron chi connectivity index (χ2n) is 13.4. The monoisotopic (exact) mass is 786 g/mol. The number of rotatable bonds is 17. The molecule has 56 heavy (non-hydrogen) atoms. The molecule has 0 unspecified atom stereocenters. The largest absolute Gasteiger partial charge is 0.491 e.